The molecular weight excluding hydrogens is 550 g/mol. The number of halogens is 3. The summed E-state index contributed by atoms with van der Waals surface area (Å²) < 4.78 is 32.2. The summed E-state index contributed by atoms with van der Waals surface area (Å²) in [6.45, 7) is 4.60. The molecule has 0 amide bonds. The summed E-state index contributed by atoms with van der Waals surface area (Å²) in [5, 5.41) is 37.3. The topological polar surface area (TPSA) is 135 Å². The fraction of sp³-hybridized carbons (Fsp3) is 0.259. The summed E-state index contributed by atoms with van der Waals surface area (Å²) in [6, 6.07) is 10.9. The van der Waals surface area contributed by atoms with Crippen LogP contribution >= 0.6 is 23.2 Å². The Hall–Kier alpha value is -3.75. The van der Waals surface area contributed by atoms with E-state index in [1.54, 1.807) is 13.0 Å². The van der Waals surface area contributed by atoms with Gasteiger partial charge in [0.1, 0.15) is 18.5 Å². The Morgan fingerprint density at radius 2 is 1.95 bits per heavy atom. The van der Waals surface area contributed by atoms with Crippen LogP contribution in [0.15, 0.2) is 47.0 Å². The minimum Gasteiger partial charge on any atom is -0.475 e. The molecule has 0 aliphatic carbocycles. The lowest BCUT2D eigenvalue weighted by molar-refractivity contribution is -0.0667. The van der Waals surface area contributed by atoms with Crippen molar-refractivity contribution in [2.24, 2.45) is 0 Å². The number of hydrogen-bond donors (Lipinski definition) is 2. The lowest BCUT2D eigenvalue weighted by Crippen LogP contribution is -2.40. The fourth-order valence-electron chi connectivity index (χ4n) is 3.41. The number of nitriles is 1. The van der Waals surface area contributed by atoms with Crippen LogP contribution in [0.1, 0.15) is 36.4 Å². The van der Waals surface area contributed by atoms with Gasteiger partial charge in [-0.2, -0.15) is 5.26 Å². The predicted molar refractivity (Wildman–Crippen MR) is 141 cm³/mol. The summed E-state index contributed by atoms with van der Waals surface area (Å²) in [5.74, 6) is -0.246. The molecule has 0 spiro atoms. The monoisotopic (exact) mass is 572 g/mol. The quantitative estimate of drug-likeness (QED) is 0.260. The molecule has 0 aliphatic rings. The van der Waals surface area contributed by atoms with Crippen LogP contribution < -0.4 is 9.47 Å². The van der Waals surface area contributed by atoms with E-state index in [1.165, 1.54) is 50.4 Å². The van der Waals surface area contributed by atoms with Gasteiger partial charge in [0.05, 0.1) is 34.2 Å². The Morgan fingerprint density at radius 3 is 2.64 bits per heavy atom. The number of aryl methyl sites for hydroxylation is 1. The molecule has 1 atom stereocenters. The second-order valence-corrected chi connectivity index (χ2v) is 10.1. The Morgan fingerprint density at radius 1 is 1.18 bits per heavy atom. The van der Waals surface area contributed by atoms with Gasteiger partial charge in [0.25, 0.3) is 0 Å². The smallest absolute Gasteiger partial charge is 0.249 e. The van der Waals surface area contributed by atoms with Gasteiger partial charge in [-0.15, -0.1) is 10.2 Å². The van der Waals surface area contributed by atoms with E-state index in [0.29, 0.717) is 11.1 Å². The Bertz CT molecular complexity index is 1550. The van der Waals surface area contributed by atoms with Gasteiger partial charge in [0.2, 0.25) is 17.7 Å². The summed E-state index contributed by atoms with van der Waals surface area (Å²) in [6.07, 6.45) is 0.333. The highest BCUT2D eigenvalue weighted by molar-refractivity contribution is 6.32. The Balaban J connectivity index is 1.51. The highest BCUT2D eigenvalue weighted by Crippen LogP contribution is 2.36. The number of pyridine rings is 1. The fourth-order valence-corrected chi connectivity index (χ4v) is 3.82. The lowest BCUT2D eigenvalue weighted by atomic mass is 10.0. The molecule has 2 heterocycles. The average Bonchev–Trinajstić information content (AvgIpc) is 3.34. The van der Waals surface area contributed by atoms with Gasteiger partial charge in [0.15, 0.2) is 11.6 Å². The molecule has 9 nitrogen and oxygen atoms in total. The van der Waals surface area contributed by atoms with Crippen LogP contribution in [0.3, 0.4) is 0 Å². The molecule has 0 fully saturated rings. The minimum atomic E-state index is -1.32. The second kappa shape index (κ2) is 11.6. The highest BCUT2D eigenvalue weighted by atomic mass is 35.5. The van der Waals surface area contributed by atoms with E-state index in [9.17, 15) is 10.2 Å². The van der Waals surface area contributed by atoms with Crippen molar-refractivity contribution >= 4 is 23.2 Å². The third kappa shape index (κ3) is 6.82. The number of nitrogens with zero attached hydrogens (tertiary/aromatic N) is 4. The van der Waals surface area contributed by atoms with Crippen molar-refractivity contribution in [3.8, 4) is 34.9 Å². The van der Waals surface area contributed by atoms with E-state index < -0.39 is 17.5 Å². The van der Waals surface area contributed by atoms with Gasteiger partial charge < -0.3 is 24.1 Å². The molecule has 4 rings (SSSR count). The Kier molecular flexibility index (Phi) is 8.37. The summed E-state index contributed by atoms with van der Waals surface area (Å²) in [5.41, 5.74) is 0.371. The average molecular weight is 573 g/mol. The predicted octanol–water partition coefficient (Wildman–Crippen LogP) is 5.65. The van der Waals surface area contributed by atoms with Gasteiger partial charge in [-0.1, -0.05) is 29.3 Å². The molecule has 4 aromatic rings. The minimum absolute atomic E-state index is 0.0278. The van der Waals surface area contributed by atoms with Crippen LogP contribution in [0.4, 0.5) is 4.39 Å². The van der Waals surface area contributed by atoms with Crippen molar-refractivity contribution in [2.75, 3.05) is 6.61 Å². The van der Waals surface area contributed by atoms with Crippen LogP contribution in [-0.2, 0) is 6.42 Å². The molecule has 0 radical (unpaired) electrons. The number of hydrogen-bond acceptors (Lipinski definition) is 9. The first-order valence-electron chi connectivity index (χ1n) is 11.6. The normalized spacial score (nSPS) is 12.2. The lowest BCUT2D eigenvalue weighted by Gasteiger charge is -2.24. The van der Waals surface area contributed by atoms with Crippen molar-refractivity contribution in [2.45, 2.75) is 38.9 Å². The number of benzene rings is 2. The molecule has 0 unspecified atom stereocenters. The zero-order valence-corrected chi connectivity index (χ0v) is 22.6. The van der Waals surface area contributed by atoms with Crippen molar-refractivity contribution in [3.05, 3.63) is 81.0 Å². The maximum Gasteiger partial charge on any atom is 0.249 e. The summed E-state index contributed by atoms with van der Waals surface area (Å²) in [7, 11) is 0. The number of ether oxygens (including phenoxy) is 2. The van der Waals surface area contributed by atoms with E-state index in [0.717, 1.165) is 0 Å². The van der Waals surface area contributed by atoms with Gasteiger partial charge in [-0.05, 0) is 50.6 Å². The van der Waals surface area contributed by atoms with Gasteiger partial charge in [-0.3, -0.25) is 0 Å². The number of aliphatic hydroxyl groups excluding tert-OH is 1. The van der Waals surface area contributed by atoms with E-state index in [2.05, 4.69) is 15.2 Å². The molecule has 2 aromatic carbocycles. The molecule has 0 saturated carbocycles. The van der Waals surface area contributed by atoms with E-state index in [1.807, 2.05) is 6.07 Å². The number of rotatable bonds is 9. The van der Waals surface area contributed by atoms with E-state index in [4.69, 9.17) is 42.4 Å². The summed E-state index contributed by atoms with van der Waals surface area (Å²) in [4.78, 5) is 4.19. The number of aliphatic hydroxyl groups is 2. The molecule has 2 N–H and O–H groups in total. The van der Waals surface area contributed by atoms with Crippen LogP contribution in [0, 0.1) is 24.1 Å². The molecule has 202 valence electrons. The zero-order valence-electron chi connectivity index (χ0n) is 21.1. The van der Waals surface area contributed by atoms with E-state index in [-0.39, 0.29) is 63.4 Å². The zero-order chi connectivity index (χ0) is 28.3. The van der Waals surface area contributed by atoms with Crippen molar-refractivity contribution in [1.29, 1.82) is 5.26 Å². The third-order valence-corrected chi connectivity index (χ3v) is 6.19. The highest BCUT2D eigenvalue weighted by Gasteiger charge is 2.25. The Labute approximate surface area is 233 Å². The third-order valence-electron chi connectivity index (χ3n) is 5.68. The van der Waals surface area contributed by atoms with Crippen molar-refractivity contribution < 1.29 is 28.5 Å². The molecule has 0 bridgehead atoms. The van der Waals surface area contributed by atoms with Gasteiger partial charge in [-0.25, -0.2) is 9.37 Å². The maximum absolute atomic E-state index is 15.4. The first-order chi connectivity index (χ1) is 18.4. The standard InChI is InChI=1S/C27H23Cl2FN4O5/c1-14-6-22(37-13-21(35)27(2,3)36)32-12-19(14)26-34-33-23(39-26)9-16-4-5-20(29)25(24(16)30)38-18-8-15(11-31)7-17(28)10-18/h4-8,10,12,21,35-36H,9,13H2,1-3H3/t21-/m0/s1. The first-order valence-corrected chi connectivity index (χ1v) is 12.4. The van der Waals surface area contributed by atoms with Crippen LogP contribution in [0.25, 0.3) is 11.5 Å². The first kappa shape index (κ1) is 28.3. The van der Waals surface area contributed by atoms with Crippen LogP contribution in [0.5, 0.6) is 17.4 Å². The van der Waals surface area contributed by atoms with Crippen molar-refractivity contribution in [1.82, 2.24) is 15.2 Å². The van der Waals surface area contributed by atoms with E-state index >= 15 is 4.39 Å². The second-order valence-electron chi connectivity index (χ2n) is 9.23. The molecule has 2 aromatic heterocycles. The largest absolute Gasteiger partial charge is 0.475 e. The number of aromatic nitrogens is 3. The molecule has 0 saturated heterocycles. The van der Waals surface area contributed by atoms with Crippen molar-refractivity contribution in [3.63, 3.8) is 0 Å². The van der Waals surface area contributed by atoms with Gasteiger partial charge >= 0.3 is 0 Å². The van der Waals surface area contributed by atoms with Crippen LogP contribution in [-0.4, -0.2) is 43.7 Å². The molecule has 39 heavy (non-hydrogen) atoms. The molecule has 12 heteroatoms. The summed E-state index contributed by atoms with van der Waals surface area (Å²) >= 11 is 12.2. The van der Waals surface area contributed by atoms with Crippen LogP contribution in [0.2, 0.25) is 10.0 Å². The molecule has 0 aliphatic heterocycles. The maximum atomic E-state index is 15.4. The van der Waals surface area contributed by atoms with Gasteiger partial charge in [0, 0.05) is 22.8 Å². The SMILES string of the molecule is Cc1cc(OC[C@H](O)C(C)(C)O)ncc1-c1nnc(Cc2ccc(Cl)c(Oc3cc(Cl)cc(C#N)c3)c2F)o1. The molecular formula is C27H23Cl2FN4O5.